The van der Waals surface area contributed by atoms with Crippen LogP contribution >= 0.6 is 18.7 Å². The molecule has 0 heterocycles. The zero-order chi connectivity index (χ0) is 17.0. The predicted molar refractivity (Wildman–Crippen MR) is 104 cm³/mol. The Labute approximate surface area is 148 Å². The SMILES string of the molecule is Cc1cccc(P(=O)(Cc2ccccc2)Cc2ccccc2)c1Cl. The largest absolute Gasteiger partial charge is 0.318 e. The van der Waals surface area contributed by atoms with E-state index < -0.39 is 7.14 Å². The van der Waals surface area contributed by atoms with Crippen molar-refractivity contribution in [2.75, 3.05) is 0 Å². The number of benzene rings is 3. The van der Waals surface area contributed by atoms with Crippen LogP contribution in [-0.4, -0.2) is 0 Å². The van der Waals surface area contributed by atoms with Gasteiger partial charge >= 0.3 is 0 Å². The third kappa shape index (κ3) is 3.80. The average Bonchev–Trinajstić information content (AvgIpc) is 2.59. The summed E-state index contributed by atoms with van der Waals surface area (Å²) < 4.78 is 14.0. The molecule has 122 valence electrons. The number of aryl methyl sites for hydroxylation is 1. The van der Waals surface area contributed by atoms with Gasteiger partial charge in [0.25, 0.3) is 0 Å². The molecule has 0 atom stereocenters. The van der Waals surface area contributed by atoms with Gasteiger partial charge in [-0.15, -0.1) is 0 Å². The second kappa shape index (κ2) is 7.38. The van der Waals surface area contributed by atoms with E-state index in [1.165, 1.54) is 0 Å². The summed E-state index contributed by atoms with van der Waals surface area (Å²) in [4.78, 5) is 0. The third-order valence-corrected chi connectivity index (χ3v) is 7.81. The monoisotopic (exact) mass is 354 g/mol. The van der Waals surface area contributed by atoms with Gasteiger partial charge in [0.15, 0.2) is 0 Å². The van der Waals surface area contributed by atoms with Crippen molar-refractivity contribution >= 4 is 24.0 Å². The molecule has 0 saturated heterocycles. The smallest absolute Gasteiger partial charge is 0.125 e. The fraction of sp³-hybridized carbons (Fsp3) is 0.143. The third-order valence-electron chi connectivity index (χ3n) is 4.17. The van der Waals surface area contributed by atoms with E-state index in [-0.39, 0.29) is 0 Å². The van der Waals surface area contributed by atoms with Crippen molar-refractivity contribution in [2.45, 2.75) is 19.2 Å². The van der Waals surface area contributed by atoms with E-state index in [9.17, 15) is 4.57 Å². The van der Waals surface area contributed by atoms with Gasteiger partial charge in [0.05, 0.1) is 5.02 Å². The summed E-state index contributed by atoms with van der Waals surface area (Å²) in [6.45, 7) is 1.96. The van der Waals surface area contributed by atoms with E-state index in [1.807, 2.05) is 85.8 Å². The molecule has 0 fully saturated rings. The Morgan fingerprint density at radius 2 is 1.25 bits per heavy atom. The van der Waals surface area contributed by atoms with Gasteiger partial charge in [-0.05, 0) is 29.7 Å². The minimum atomic E-state index is -2.71. The number of hydrogen-bond acceptors (Lipinski definition) is 1. The van der Waals surface area contributed by atoms with Gasteiger partial charge in [-0.3, -0.25) is 0 Å². The molecule has 0 radical (unpaired) electrons. The number of hydrogen-bond donors (Lipinski definition) is 0. The van der Waals surface area contributed by atoms with E-state index in [0.717, 1.165) is 22.0 Å². The van der Waals surface area contributed by atoms with Crippen molar-refractivity contribution in [3.05, 3.63) is 101 Å². The molecule has 0 amide bonds. The first-order chi connectivity index (χ1) is 11.6. The molecule has 24 heavy (non-hydrogen) atoms. The lowest BCUT2D eigenvalue weighted by molar-refractivity contribution is 0.580. The average molecular weight is 355 g/mol. The second-order valence-corrected chi connectivity index (χ2v) is 9.36. The Bertz CT molecular complexity index is 814. The Morgan fingerprint density at radius 1 is 0.750 bits per heavy atom. The van der Waals surface area contributed by atoms with E-state index in [0.29, 0.717) is 17.3 Å². The minimum Gasteiger partial charge on any atom is -0.318 e. The zero-order valence-electron chi connectivity index (χ0n) is 13.7. The van der Waals surface area contributed by atoms with Crippen molar-refractivity contribution in [3.63, 3.8) is 0 Å². The molecular formula is C21H20ClOP. The van der Waals surface area contributed by atoms with Crippen molar-refractivity contribution in [1.29, 1.82) is 0 Å². The summed E-state index contributed by atoms with van der Waals surface area (Å²) in [5, 5.41) is 1.42. The molecule has 0 aliphatic carbocycles. The summed E-state index contributed by atoms with van der Waals surface area (Å²) in [5.41, 5.74) is 3.12. The summed E-state index contributed by atoms with van der Waals surface area (Å²) in [6.07, 6.45) is 1.04. The molecular weight excluding hydrogens is 335 g/mol. The quantitative estimate of drug-likeness (QED) is 0.511. The van der Waals surface area contributed by atoms with Crippen LogP contribution in [0, 0.1) is 6.92 Å². The molecule has 0 aliphatic rings. The van der Waals surface area contributed by atoms with Crippen LogP contribution in [0.4, 0.5) is 0 Å². The minimum absolute atomic E-state index is 0.520. The molecule has 0 aliphatic heterocycles. The van der Waals surface area contributed by atoms with Crippen LogP contribution in [0.2, 0.25) is 5.02 Å². The molecule has 3 rings (SSSR count). The maximum absolute atomic E-state index is 14.0. The highest BCUT2D eigenvalue weighted by atomic mass is 35.5. The fourth-order valence-corrected chi connectivity index (χ4v) is 6.46. The predicted octanol–water partition coefficient (Wildman–Crippen LogP) is 6.04. The Morgan fingerprint density at radius 3 is 1.75 bits per heavy atom. The number of rotatable bonds is 5. The molecule has 3 aromatic carbocycles. The zero-order valence-corrected chi connectivity index (χ0v) is 15.3. The van der Waals surface area contributed by atoms with Crippen molar-refractivity contribution in [3.8, 4) is 0 Å². The lowest BCUT2D eigenvalue weighted by Crippen LogP contribution is -2.11. The summed E-state index contributed by atoms with van der Waals surface area (Å²) in [6, 6.07) is 25.8. The first-order valence-corrected chi connectivity index (χ1v) is 10.5. The second-order valence-electron chi connectivity index (χ2n) is 6.08. The van der Waals surface area contributed by atoms with Crippen molar-refractivity contribution < 1.29 is 4.57 Å². The highest BCUT2D eigenvalue weighted by molar-refractivity contribution is 7.70. The van der Waals surface area contributed by atoms with Crippen LogP contribution in [0.3, 0.4) is 0 Å². The number of halogens is 1. The first-order valence-electron chi connectivity index (χ1n) is 8.00. The molecule has 3 heteroatoms. The highest BCUT2D eigenvalue weighted by Gasteiger charge is 2.28. The van der Waals surface area contributed by atoms with E-state index in [4.69, 9.17) is 11.6 Å². The summed E-state index contributed by atoms with van der Waals surface area (Å²) >= 11 is 6.54. The van der Waals surface area contributed by atoms with Crippen LogP contribution in [-0.2, 0) is 16.9 Å². The first kappa shape index (κ1) is 17.0. The van der Waals surface area contributed by atoms with E-state index in [2.05, 4.69) is 0 Å². The van der Waals surface area contributed by atoms with Gasteiger partial charge in [0, 0.05) is 17.6 Å². The molecule has 0 bridgehead atoms. The topological polar surface area (TPSA) is 17.1 Å². The van der Waals surface area contributed by atoms with Crippen molar-refractivity contribution in [2.24, 2.45) is 0 Å². The van der Waals surface area contributed by atoms with E-state index in [1.54, 1.807) is 0 Å². The van der Waals surface area contributed by atoms with Crippen LogP contribution in [0.15, 0.2) is 78.9 Å². The Hall–Kier alpha value is -1.82. The molecule has 3 aromatic rings. The maximum Gasteiger partial charge on any atom is 0.125 e. The molecule has 0 unspecified atom stereocenters. The Kier molecular flexibility index (Phi) is 5.23. The van der Waals surface area contributed by atoms with E-state index >= 15 is 0 Å². The summed E-state index contributed by atoms with van der Waals surface area (Å²) in [5.74, 6) is 0. The van der Waals surface area contributed by atoms with Crippen LogP contribution in [0.5, 0.6) is 0 Å². The summed E-state index contributed by atoms with van der Waals surface area (Å²) in [7, 11) is -2.71. The molecule has 0 saturated carbocycles. The molecule has 0 aromatic heterocycles. The van der Waals surface area contributed by atoms with Gasteiger partial charge in [0.2, 0.25) is 0 Å². The fourth-order valence-electron chi connectivity index (χ4n) is 2.93. The highest BCUT2D eigenvalue weighted by Crippen LogP contribution is 2.52. The molecule has 0 N–H and O–H groups in total. The molecule has 0 spiro atoms. The van der Waals surface area contributed by atoms with Crippen LogP contribution < -0.4 is 5.30 Å². The van der Waals surface area contributed by atoms with Crippen LogP contribution in [0.25, 0.3) is 0 Å². The lowest BCUT2D eigenvalue weighted by Gasteiger charge is -2.21. The standard InChI is InChI=1S/C21H20ClOP/c1-17-9-8-14-20(21(17)22)24(23,15-18-10-4-2-5-11-18)16-19-12-6-3-7-13-19/h2-14H,15-16H2,1H3. The molecule has 1 nitrogen and oxygen atoms in total. The Balaban J connectivity index is 2.06. The van der Waals surface area contributed by atoms with Gasteiger partial charge in [0.1, 0.15) is 7.14 Å². The van der Waals surface area contributed by atoms with Gasteiger partial charge < -0.3 is 4.57 Å². The van der Waals surface area contributed by atoms with Gasteiger partial charge in [-0.25, -0.2) is 0 Å². The van der Waals surface area contributed by atoms with Crippen molar-refractivity contribution in [1.82, 2.24) is 0 Å². The lowest BCUT2D eigenvalue weighted by atomic mass is 10.2. The van der Waals surface area contributed by atoms with Gasteiger partial charge in [-0.2, -0.15) is 0 Å². The normalized spacial score (nSPS) is 11.4. The van der Waals surface area contributed by atoms with Gasteiger partial charge in [-0.1, -0.05) is 84.4 Å². The van der Waals surface area contributed by atoms with Crippen LogP contribution in [0.1, 0.15) is 16.7 Å². The maximum atomic E-state index is 14.0.